The zero-order chi connectivity index (χ0) is 15.0. The molecule has 106 valence electrons. The summed E-state index contributed by atoms with van der Waals surface area (Å²) in [6, 6.07) is 6.52. The normalized spacial score (nSPS) is 13.0. The smallest absolute Gasteiger partial charge is 0.335 e. The molecule has 0 bridgehead atoms. The van der Waals surface area contributed by atoms with Gasteiger partial charge in [-0.1, -0.05) is 6.07 Å². The van der Waals surface area contributed by atoms with Crippen LogP contribution in [0.3, 0.4) is 0 Å². The van der Waals surface area contributed by atoms with Crippen molar-refractivity contribution >= 4 is 17.3 Å². The van der Waals surface area contributed by atoms with Crippen LogP contribution in [0.4, 0.5) is 11.4 Å². The standard InChI is InChI=1S/C14H11N3O4/c18-14(19)9-1-2-10-7-16(8-11(10)5-9)12-3-4-15-6-13(12)17(20)21/h1-6H,7-8H2,(H,18,19). The Bertz CT molecular complexity index is 745. The molecule has 0 aliphatic carbocycles. The lowest BCUT2D eigenvalue weighted by atomic mass is 10.1. The Morgan fingerprint density at radius 3 is 2.76 bits per heavy atom. The Morgan fingerprint density at radius 1 is 1.29 bits per heavy atom. The molecule has 1 aliphatic heterocycles. The highest BCUT2D eigenvalue weighted by molar-refractivity contribution is 5.88. The molecule has 0 saturated carbocycles. The third-order valence-electron chi connectivity index (χ3n) is 3.49. The number of benzene rings is 1. The highest BCUT2D eigenvalue weighted by atomic mass is 16.6. The lowest BCUT2D eigenvalue weighted by Crippen LogP contribution is -2.16. The summed E-state index contributed by atoms with van der Waals surface area (Å²) in [6.07, 6.45) is 2.73. The first kappa shape index (κ1) is 13.0. The molecule has 7 nitrogen and oxygen atoms in total. The molecule has 3 rings (SSSR count). The third kappa shape index (κ3) is 2.29. The van der Waals surface area contributed by atoms with Gasteiger partial charge in [-0.25, -0.2) is 4.79 Å². The van der Waals surface area contributed by atoms with Crippen LogP contribution in [0, 0.1) is 10.1 Å². The van der Waals surface area contributed by atoms with Gasteiger partial charge in [-0.15, -0.1) is 0 Å². The molecule has 1 aliphatic rings. The van der Waals surface area contributed by atoms with Gasteiger partial charge in [-0.3, -0.25) is 15.1 Å². The molecule has 0 saturated heterocycles. The van der Waals surface area contributed by atoms with Gasteiger partial charge in [0.1, 0.15) is 11.9 Å². The summed E-state index contributed by atoms with van der Waals surface area (Å²) >= 11 is 0. The number of nitrogens with zero attached hydrogens (tertiary/aromatic N) is 3. The molecule has 7 heteroatoms. The van der Waals surface area contributed by atoms with E-state index in [0.29, 0.717) is 18.8 Å². The zero-order valence-corrected chi connectivity index (χ0v) is 10.9. The van der Waals surface area contributed by atoms with Crippen molar-refractivity contribution in [3.63, 3.8) is 0 Å². The fourth-order valence-electron chi connectivity index (χ4n) is 2.48. The number of rotatable bonds is 3. The fraction of sp³-hybridized carbons (Fsp3) is 0.143. The molecule has 1 aromatic carbocycles. The first-order valence-electron chi connectivity index (χ1n) is 6.24. The van der Waals surface area contributed by atoms with Crippen molar-refractivity contribution in [1.82, 2.24) is 4.98 Å². The molecule has 0 amide bonds. The molecule has 0 radical (unpaired) electrons. The van der Waals surface area contributed by atoms with Gasteiger partial charge >= 0.3 is 11.7 Å². The molecule has 21 heavy (non-hydrogen) atoms. The van der Waals surface area contributed by atoms with Gasteiger partial charge in [0.05, 0.1) is 10.5 Å². The van der Waals surface area contributed by atoms with E-state index in [0.717, 1.165) is 11.1 Å². The molecular formula is C14H11N3O4. The third-order valence-corrected chi connectivity index (χ3v) is 3.49. The maximum atomic E-state index is 11.1. The highest BCUT2D eigenvalue weighted by Gasteiger charge is 2.26. The number of aromatic nitrogens is 1. The average molecular weight is 285 g/mol. The number of anilines is 1. The minimum atomic E-state index is -0.980. The molecule has 1 aromatic heterocycles. The molecule has 0 spiro atoms. The molecule has 0 atom stereocenters. The van der Waals surface area contributed by atoms with Crippen LogP contribution in [0.2, 0.25) is 0 Å². The summed E-state index contributed by atoms with van der Waals surface area (Å²) in [7, 11) is 0. The maximum Gasteiger partial charge on any atom is 0.335 e. The molecule has 2 heterocycles. The maximum absolute atomic E-state index is 11.1. The fourth-order valence-corrected chi connectivity index (χ4v) is 2.48. The summed E-state index contributed by atoms with van der Waals surface area (Å²) in [5, 5.41) is 20.1. The molecule has 2 aromatic rings. The number of hydrogen-bond acceptors (Lipinski definition) is 5. The predicted octanol–water partition coefficient (Wildman–Crippen LogP) is 2.21. The Labute approximate surface area is 119 Å². The van der Waals surface area contributed by atoms with E-state index >= 15 is 0 Å². The zero-order valence-electron chi connectivity index (χ0n) is 10.9. The van der Waals surface area contributed by atoms with Crippen molar-refractivity contribution in [3.05, 3.63) is 63.5 Å². The van der Waals surface area contributed by atoms with Crippen LogP contribution in [0.15, 0.2) is 36.7 Å². The number of carbonyl (C=O) groups is 1. The van der Waals surface area contributed by atoms with Crippen LogP contribution in [-0.2, 0) is 13.1 Å². The van der Waals surface area contributed by atoms with E-state index < -0.39 is 10.9 Å². The summed E-state index contributed by atoms with van der Waals surface area (Å²) in [4.78, 5) is 27.2. The van der Waals surface area contributed by atoms with Gasteiger partial charge in [0.2, 0.25) is 0 Å². The number of hydrogen-bond donors (Lipinski definition) is 1. The summed E-state index contributed by atoms with van der Waals surface area (Å²) in [5.41, 5.74) is 2.51. The van der Waals surface area contributed by atoms with Gasteiger partial charge in [-0.05, 0) is 29.3 Å². The Hall–Kier alpha value is -2.96. The van der Waals surface area contributed by atoms with Gasteiger partial charge in [0.15, 0.2) is 0 Å². The Kier molecular flexibility index (Phi) is 3.02. The molecule has 0 fully saturated rings. The first-order valence-corrected chi connectivity index (χ1v) is 6.24. The number of carboxylic acid groups (broad SMARTS) is 1. The van der Waals surface area contributed by atoms with Crippen molar-refractivity contribution < 1.29 is 14.8 Å². The lowest BCUT2D eigenvalue weighted by molar-refractivity contribution is -0.384. The van der Waals surface area contributed by atoms with E-state index in [1.54, 1.807) is 24.3 Å². The van der Waals surface area contributed by atoms with Gasteiger partial charge < -0.3 is 10.0 Å². The van der Waals surface area contributed by atoms with E-state index in [1.807, 2.05) is 4.90 Å². The SMILES string of the molecule is O=C(O)c1ccc2c(c1)CN(c1ccncc1[N+](=O)[O-])C2. The average Bonchev–Trinajstić information content (AvgIpc) is 2.89. The second kappa shape index (κ2) is 4.86. The second-order valence-corrected chi connectivity index (χ2v) is 4.77. The van der Waals surface area contributed by atoms with Crippen LogP contribution in [0.5, 0.6) is 0 Å². The lowest BCUT2D eigenvalue weighted by Gasteiger charge is -2.16. The number of carboxylic acids is 1. The quantitative estimate of drug-likeness (QED) is 0.686. The predicted molar refractivity (Wildman–Crippen MR) is 74.2 cm³/mol. The van der Waals surface area contributed by atoms with E-state index in [4.69, 9.17) is 5.11 Å². The van der Waals surface area contributed by atoms with Crippen molar-refractivity contribution in [3.8, 4) is 0 Å². The molecular weight excluding hydrogens is 274 g/mol. The number of pyridine rings is 1. The minimum absolute atomic E-state index is 0.0521. The number of fused-ring (bicyclic) bond motifs is 1. The van der Waals surface area contributed by atoms with E-state index in [1.165, 1.54) is 12.4 Å². The Balaban J connectivity index is 1.95. The van der Waals surface area contributed by atoms with Crippen molar-refractivity contribution in [2.75, 3.05) is 4.90 Å². The molecule has 1 N–H and O–H groups in total. The summed E-state index contributed by atoms with van der Waals surface area (Å²) in [5.74, 6) is -0.980. The van der Waals surface area contributed by atoms with E-state index in [2.05, 4.69) is 4.98 Å². The van der Waals surface area contributed by atoms with Crippen LogP contribution in [0.25, 0.3) is 0 Å². The number of aromatic carboxylic acids is 1. The monoisotopic (exact) mass is 285 g/mol. The largest absolute Gasteiger partial charge is 0.478 e. The topological polar surface area (TPSA) is 96.6 Å². The van der Waals surface area contributed by atoms with Gasteiger partial charge in [0, 0.05) is 19.3 Å². The second-order valence-electron chi connectivity index (χ2n) is 4.77. The van der Waals surface area contributed by atoms with Crippen LogP contribution >= 0.6 is 0 Å². The first-order chi connectivity index (χ1) is 10.1. The van der Waals surface area contributed by atoms with Crippen molar-refractivity contribution in [2.24, 2.45) is 0 Å². The van der Waals surface area contributed by atoms with E-state index in [-0.39, 0.29) is 11.3 Å². The van der Waals surface area contributed by atoms with Crippen molar-refractivity contribution in [1.29, 1.82) is 0 Å². The minimum Gasteiger partial charge on any atom is -0.478 e. The number of nitro groups is 1. The van der Waals surface area contributed by atoms with Crippen LogP contribution in [0.1, 0.15) is 21.5 Å². The Morgan fingerprint density at radius 2 is 2.05 bits per heavy atom. The van der Waals surface area contributed by atoms with Crippen LogP contribution in [-0.4, -0.2) is 21.0 Å². The van der Waals surface area contributed by atoms with Crippen LogP contribution < -0.4 is 4.90 Å². The summed E-state index contributed by atoms with van der Waals surface area (Å²) < 4.78 is 0. The highest BCUT2D eigenvalue weighted by Crippen LogP contribution is 2.34. The van der Waals surface area contributed by atoms with E-state index in [9.17, 15) is 14.9 Å². The van der Waals surface area contributed by atoms with Crippen molar-refractivity contribution in [2.45, 2.75) is 13.1 Å². The van der Waals surface area contributed by atoms with Gasteiger partial charge in [-0.2, -0.15) is 0 Å². The summed E-state index contributed by atoms with van der Waals surface area (Å²) in [6.45, 7) is 0.960. The molecule has 0 unspecified atom stereocenters. The van der Waals surface area contributed by atoms with Gasteiger partial charge in [0.25, 0.3) is 0 Å².